The van der Waals surface area contributed by atoms with Crippen LogP contribution >= 0.6 is 0 Å². The lowest BCUT2D eigenvalue weighted by Crippen LogP contribution is -2.46. The first-order chi connectivity index (χ1) is 13.1. The van der Waals surface area contributed by atoms with Crippen LogP contribution in [0, 0.1) is 17.1 Å². The molecule has 0 radical (unpaired) electrons. The molecule has 2 aromatic carbocycles. The van der Waals surface area contributed by atoms with Gasteiger partial charge in [-0.15, -0.1) is 0 Å². The molecule has 0 saturated carbocycles. The molecule has 1 saturated heterocycles. The Morgan fingerprint density at radius 2 is 1.78 bits per heavy atom. The molecular weight excluding hydrogens is 343 g/mol. The van der Waals surface area contributed by atoms with Crippen molar-refractivity contribution >= 4 is 11.6 Å². The average Bonchev–Trinajstić information content (AvgIpc) is 2.68. The number of nitrogens with zero attached hydrogens (tertiary/aromatic N) is 3. The monoisotopic (exact) mass is 366 g/mol. The van der Waals surface area contributed by atoms with Gasteiger partial charge in [-0.2, -0.15) is 5.26 Å². The molecule has 3 rings (SSSR count). The Hall–Kier alpha value is -2.75. The molecule has 0 aromatic heterocycles. The SMILES string of the molecule is N#Cc1ccc(CN2CCN(CCC(=O)Nc3cccc(F)c3)CC2)cc1. The predicted molar refractivity (Wildman–Crippen MR) is 103 cm³/mol. The van der Waals surface area contributed by atoms with E-state index in [1.165, 1.54) is 17.7 Å². The van der Waals surface area contributed by atoms with Crippen LogP contribution in [0.15, 0.2) is 48.5 Å². The van der Waals surface area contributed by atoms with Crippen molar-refractivity contribution in [3.63, 3.8) is 0 Å². The number of hydrogen-bond acceptors (Lipinski definition) is 4. The minimum absolute atomic E-state index is 0.0967. The number of halogens is 1. The maximum atomic E-state index is 13.1. The third-order valence-electron chi connectivity index (χ3n) is 4.72. The molecule has 5 nitrogen and oxygen atoms in total. The molecule has 2 aromatic rings. The van der Waals surface area contributed by atoms with Crippen LogP contribution in [0.25, 0.3) is 0 Å². The van der Waals surface area contributed by atoms with E-state index >= 15 is 0 Å². The summed E-state index contributed by atoms with van der Waals surface area (Å²) in [5.41, 5.74) is 2.38. The van der Waals surface area contributed by atoms with E-state index in [9.17, 15) is 9.18 Å². The lowest BCUT2D eigenvalue weighted by molar-refractivity contribution is -0.116. The molecule has 140 valence electrons. The third-order valence-corrected chi connectivity index (χ3v) is 4.72. The average molecular weight is 366 g/mol. The Morgan fingerprint density at radius 3 is 2.44 bits per heavy atom. The van der Waals surface area contributed by atoms with Gasteiger partial charge in [0.2, 0.25) is 5.91 Å². The van der Waals surface area contributed by atoms with E-state index in [0.717, 1.165) is 32.7 Å². The highest BCUT2D eigenvalue weighted by atomic mass is 19.1. The van der Waals surface area contributed by atoms with E-state index in [-0.39, 0.29) is 11.7 Å². The standard InChI is InChI=1S/C21H23FN4O/c22-19-2-1-3-20(14-19)24-21(27)8-9-25-10-12-26(13-11-25)16-18-6-4-17(15-23)5-7-18/h1-7,14H,8-13,16H2,(H,24,27). The lowest BCUT2D eigenvalue weighted by Gasteiger charge is -2.34. The van der Waals surface area contributed by atoms with E-state index in [2.05, 4.69) is 21.2 Å². The molecule has 6 heteroatoms. The number of benzene rings is 2. The summed E-state index contributed by atoms with van der Waals surface area (Å²) in [4.78, 5) is 16.7. The summed E-state index contributed by atoms with van der Waals surface area (Å²) < 4.78 is 13.1. The Kier molecular flexibility index (Phi) is 6.53. The number of carbonyl (C=O) groups is 1. The van der Waals surface area contributed by atoms with Crippen molar-refractivity contribution in [3.8, 4) is 6.07 Å². The summed E-state index contributed by atoms with van der Waals surface area (Å²) in [7, 11) is 0. The van der Waals surface area contributed by atoms with Crippen LogP contribution in [0.5, 0.6) is 0 Å². The molecule has 0 bridgehead atoms. The Labute approximate surface area is 159 Å². The number of nitrogens with one attached hydrogen (secondary N) is 1. The van der Waals surface area contributed by atoms with Gasteiger partial charge in [-0.25, -0.2) is 4.39 Å². The number of piperazine rings is 1. The van der Waals surface area contributed by atoms with Crippen molar-refractivity contribution in [2.45, 2.75) is 13.0 Å². The number of anilines is 1. The second kappa shape index (κ2) is 9.26. The van der Waals surface area contributed by atoms with Crippen LogP contribution in [0.4, 0.5) is 10.1 Å². The Bertz CT molecular complexity index is 808. The van der Waals surface area contributed by atoms with Crippen molar-refractivity contribution in [1.29, 1.82) is 5.26 Å². The first-order valence-corrected chi connectivity index (χ1v) is 9.11. The van der Waals surface area contributed by atoms with Gasteiger partial charge in [0.1, 0.15) is 5.82 Å². The molecule has 1 aliphatic rings. The van der Waals surface area contributed by atoms with Gasteiger partial charge >= 0.3 is 0 Å². The first kappa shape index (κ1) is 19.0. The van der Waals surface area contributed by atoms with Crippen molar-refractivity contribution < 1.29 is 9.18 Å². The van der Waals surface area contributed by atoms with Crippen LogP contribution in [0.1, 0.15) is 17.5 Å². The highest BCUT2D eigenvalue weighted by molar-refractivity contribution is 5.90. The van der Waals surface area contributed by atoms with Gasteiger partial charge in [-0.1, -0.05) is 18.2 Å². The minimum atomic E-state index is -0.355. The summed E-state index contributed by atoms with van der Waals surface area (Å²) in [5, 5.41) is 11.6. The fourth-order valence-corrected chi connectivity index (χ4v) is 3.16. The van der Waals surface area contributed by atoms with Gasteiger partial charge in [0, 0.05) is 51.4 Å². The predicted octanol–water partition coefficient (Wildman–Crippen LogP) is 2.84. The highest BCUT2D eigenvalue weighted by Crippen LogP contribution is 2.12. The summed E-state index contributed by atoms with van der Waals surface area (Å²) in [5.74, 6) is -0.452. The van der Waals surface area contributed by atoms with E-state index in [1.54, 1.807) is 12.1 Å². The summed E-state index contributed by atoms with van der Waals surface area (Å²) in [6.45, 7) is 5.32. The summed E-state index contributed by atoms with van der Waals surface area (Å²) >= 11 is 0. The second-order valence-corrected chi connectivity index (χ2v) is 6.74. The minimum Gasteiger partial charge on any atom is -0.326 e. The number of rotatable bonds is 6. The molecule has 1 amide bonds. The molecule has 0 aliphatic carbocycles. The fraction of sp³-hybridized carbons (Fsp3) is 0.333. The zero-order valence-corrected chi connectivity index (χ0v) is 15.2. The lowest BCUT2D eigenvalue weighted by atomic mass is 10.1. The Morgan fingerprint density at radius 1 is 1.07 bits per heavy atom. The van der Waals surface area contributed by atoms with Crippen LogP contribution in [0.3, 0.4) is 0 Å². The maximum Gasteiger partial charge on any atom is 0.225 e. The topological polar surface area (TPSA) is 59.4 Å². The summed E-state index contributed by atoms with van der Waals surface area (Å²) in [6, 6.07) is 15.8. The van der Waals surface area contributed by atoms with E-state index in [0.29, 0.717) is 24.2 Å². The normalized spacial score (nSPS) is 15.3. The molecule has 0 spiro atoms. The fourth-order valence-electron chi connectivity index (χ4n) is 3.16. The molecule has 1 aliphatic heterocycles. The van der Waals surface area contributed by atoms with Crippen LogP contribution in [-0.4, -0.2) is 48.4 Å². The quantitative estimate of drug-likeness (QED) is 0.854. The van der Waals surface area contributed by atoms with Gasteiger partial charge < -0.3 is 10.2 Å². The van der Waals surface area contributed by atoms with Crippen molar-refractivity contribution in [3.05, 3.63) is 65.5 Å². The number of hydrogen-bond donors (Lipinski definition) is 1. The molecule has 27 heavy (non-hydrogen) atoms. The largest absolute Gasteiger partial charge is 0.326 e. The van der Waals surface area contributed by atoms with Gasteiger partial charge in [-0.3, -0.25) is 9.69 Å². The molecule has 0 atom stereocenters. The van der Waals surface area contributed by atoms with Crippen LogP contribution in [-0.2, 0) is 11.3 Å². The Balaban J connectivity index is 1.37. The molecule has 1 N–H and O–H groups in total. The van der Waals surface area contributed by atoms with Gasteiger partial charge in [0.05, 0.1) is 11.6 Å². The molecule has 1 fully saturated rings. The smallest absolute Gasteiger partial charge is 0.225 e. The van der Waals surface area contributed by atoms with E-state index in [1.807, 2.05) is 24.3 Å². The van der Waals surface area contributed by atoms with Crippen molar-refractivity contribution in [2.75, 3.05) is 38.0 Å². The van der Waals surface area contributed by atoms with Crippen LogP contribution < -0.4 is 5.32 Å². The molecule has 0 unspecified atom stereocenters. The molecule has 1 heterocycles. The second-order valence-electron chi connectivity index (χ2n) is 6.74. The van der Waals surface area contributed by atoms with Gasteiger partial charge in [-0.05, 0) is 35.9 Å². The van der Waals surface area contributed by atoms with Gasteiger partial charge in [0.25, 0.3) is 0 Å². The number of nitriles is 1. The molecular formula is C21H23FN4O. The van der Waals surface area contributed by atoms with Crippen molar-refractivity contribution in [1.82, 2.24) is 9.80 Å². The highest BCUT2D eigenvalue weighted by Gasteiger charge is 2.17. The van der Waals surface area contributed by atoms with E-state index in [4.69, 9.17) is 5.26 Å². The van der Waals surface area contributed by atoms with Crippen molar-refractivity contribution in [2.24, 2.45) is 0 Å². The summed E-state index contributed by atoms with van der Waals surface area (Å²) in [6.07, 6.45) is 0.395. The first-order valence-electron chi connectivity index (χ1n) is 9.11. The maximum absolute atomic E-state index is 13.1. The van der Waals surface area contributed by atoms with E-state index < -0.39 is 0 Å². The number of amides is 1. The van der Waals surface area contributed by atoms with Crippen LogP contribution in [0.2, 0.25) is 0 Å². The third kappa shape index (κ3) is 5.88. The van der Waals surface area contributed by atoms with Gasteiger partial charge in [0.15, 0.2) is 0 Å². The number of carbonyl (C=O) groups excluding carboxylic acids is 1. The zero-order chi connectivity index (χ0) is 19.1. The zero-order valence-electron chi connectivity index (χ0n) is 15.2.